The van der Waals surface area contributed by atoms with Crippen molar-refractivity contribution in [1.82, 2.24) is 4.98 Å². The van der Waals surface area contributed by atoms with Gasteiger partial charge in [0.1, 0.15) is 5.69 Å². The van der Waals surface area contributed by atoms with E-state index in [2.05, 4.69) is 26.2 Å². The summed E-state index contributed by atoms with van der Waals surface area (Å²) >= 11 is 3.22. The first kappa shape index (κ1) is 13.8. The fourth-order valence-electron chi connectivity index (χ4n) is 1.58. The van der Waals surface area contributed by atoms with Crippen molar-refractivity contribution in [1.29, 1.82) is 0 Å². The summed E-state index contributed by atoms with van der Waals surface area (Å²) < 4.78 is 24.0. The Labute approximate surface area is 119 Å². The highest BCUT2D eigenvalue weighted by Gasteiger charge is 2.15. The van der Waals surface area contributed by atoms with Gasteiger partial charge in [-0.1, -0.05) is 12.1 Å². The number of hydrogen-bond donors (Lipinski definition) is 2. The summed E-state index contributed by atoms with van der Waals surface area (Å²) in [5.41, 5.74) is 0.607. The number of nitrogens with one attached hydrogen (secondary N) is 2. The van der Waals surface area contributed by atoms with Crippen LogP contribution in [0.4, 0.5) is 5.69 Å². The van der Waals surface area contributed by atoms with Gasteiger partial charge in [0.25, 0.3) is 5.91 Å². The molecule has 1 aromatic heterocycles. The van der Waals surface area contributed by atoms with Gasteiger partial charge in [0.05, 0.1) is 10.6 Å². The predicted molar refractivity (Wildman–Crippen MR) is 76.0 cm³/mol. The van der Waals surface area contributed by atoms with Gasteiger partial charge in [-0.25, -0.2) is 8.42 Å². The second-order valence-corrected chi connectivity index (χ2v) is 6.85. The fraction of sp³-hybridized carbons (Fsp3) is 0.0833. The van der Waals surface area contributed by atoms with Gasteiger partial charge < -0.3 is 10.3 Å². The molecule has 0 spiro atoms. The summed E-state index contributed by atoms with van der Waals surface area (Å²) in [5.74, 6) is -0.401. The Hall–Kier alpha value is -1.60. The quantitative estimate of drug-likeness (QED) is 0.898. The average molecular weight is 343 g/mol. The van der Waals surface area contributed by atoms with Crippen molar-refractivity contribution in [3.63, 3.8) is 0 Å². The number of halogens is 1. The van der Waals surface area contributed by atoms with Gasteiger partial charge in [0, 0.05) is 16.9 Å². The maximum absolute atomic E-state index is 11.9. The van der Waals surface area contributed by atoms with Gasteiger partial charge >= 0.3 is 0 Å². The van der Waals surface area contributed by atoms with Crippen molar-refractivity contribution < 1.29 is 13.2 Å². The van der Waals surface area contributed by atoms with Crippen molar-refractivity contribution in [3.8, 4) is 0 Å². The summed E-state index contributed by atoms with van der Waals surface area (Å²) in [7, 11) is -3.39. The Bertz CT molecular complexity index is 722. The smallest absolute Gasteiger partial charge is 0.272 e. The minimum Gasteiger partial charge on any atom is -0.356 e. The first-order chi connectivity index (χ1) is 8.88. The zero-order valence-electron chi connectivity index (χ0n) is 9.98. The lowest BCUT2D eigenvalue weighted by Gasteiger charge is -2.08. The van der Waals surface area contributed by atoms with E-state index in [4.69, 9.17) is 0 Å². The van der Waals surface area contributed by atoms with E-state index in [1.54, 1.807) is 30.5 Å². The normalized spacial score (nSPS) is 11.3. The minimum atomic E-state index is -3.39. The van der Waals surface area contributed by atoms with E-state index in [9.17, 15) is 13.2 Å². The van der Waals surface area contributed by atoms with Gasteiger partial charge in [-0.3, -0.25) is 4.79 Å². The number of amides is 1. The highest BCUT2D eigenvalue weighted by molar-refractivity contribution is 9.10. The van der Waals surface area contributed by atoms with Crippen molar-refractivity contribution in [2.75, 3.05) is 11.6 Å². The Morgan fingerprint density at radius 3 is 2.58 bits per heavy atom. The molecule has 5 nitrogen and oxygen atoms in total. The zero-order valence-corrected chi connectivity index (χ0v) is 12.4. The SMILES string of the molecule is CS(=O)(=O)c1ccccc1NC(=O)c1cc(Br)c[nH]1. The van der Waals surface area contributed by atoms with Crippen LogP contribution in [-0.4, -0.2) is 25.6 Å². The molecule has 2 rings (SSSR count). The molecule has 1 amide bonds. The molecule has 0 bridgehead atoms. The van der Waals surface area contributed by atoms with Crippen LogP contribution in [0.25, 0.3) is 0 Å². The third kappa shape index (κ3) is 3.24. The lowest BCUT2D eigenvalue weighted by atomic mass is 10.3. The van der Waals surface area contributed by atoms with Gasteiger partial charge in [-0.05, 0) is 34.1 Å². The van der Waals surface area contributed by atoms with E-state index in [1.807, 2.05) is 0 Å². The summed E-state index contributed by atoms with van der Waals surface area (Å²) in [6, 6.07) is 7.88. The topological polar surface area (TPSA) is 79.0 Å². The van der Waals surface area contributed by atoms with Crippen LogP contribution in [0.3, 0.4) is 0 Å². The molecule has 0 atom stereocenters. The summed E-state index contributed by atoms with van der Waals surface area (Å²) in [4.78, 5) is 14.8. The van der Waals surface area contributed by atoms with Crippen LogP contribution in [0, 0.1) is 0 Å². The molecule has 0 saturated heterocycles. The van der Waals surface area contributed by atoms with Crippen molar-refractivity contribution in [2.45, 2.75) is 4.90 Å². The second-order valence-electron chi connectivity index (χ2n) is 3.95. The maximum atomic E-state index is 11.9. The molecule has 0 saturated carbocycles. The molecule has 7 heteroatoms. The molecule has 0 aliphatic rings. The van der Waals surface area contributed by atoms with Crippen LogP contribution in [0.5, 0.6) is 0 Å². The average Bonchev–Trinajstić information content (AvgIpc) is 2.75. The maximum Gasteiger partial charge on any atom is 0.272 e. The number of aromatic nitrogens is 1. The van der Waals surface area contributed by atoms with Gasteiger partial charge in [0.2, 0.25) is 0 Å². The molecule has 1 aromatic carbocycles. The highest BCUT2D eigenvalue weighted by Crippen LogP contribution is 2.21. The van der Waals surface area contributed by atoms with E-state index in [1.165, 1.54) is 6.07 Å². The lowest BCUT2D eigenvalue weighted by Crippen LogP contribution is -2.14. The highest BCUT2D eigenvalue weighted by atomic mass is 79.9. The first-order valence-electron chi connectivity index (χ1n) is 5.32. The van der Waals surface area contributed by atoms with Gasteiger partial charge in [0.15, 0.2) is 9.84 Å². The summed E-state index contributed by atoms with van der Waals surface area (Å²) in [6.07, 6.45) is 2.72. The van der Waals surface area contributed by atoms with Crippen molar-refractivity contribution in [2.24, 2.45) is 0 Å². The van der Waals surface area contributed by atoms with Crippen LogP contribution in [-0.2, 0) is 9.84 Å². The molecule has 1 heterocycles. The van der Waals surface area contributed by atoms with E-state index in [0.717, 1.165) is 10.7 Å². The minimum absolute atomic E-state index is 0.0916. The number of anilines is 1. The monoisotopic (exact) mass is 342 g/mol. The first-order valence-corrected chi connectivity index (χ1v) is 8.01. The van der Waals surface area contributed by atoms with E-state index in [0.29, 0.717) is 5.69 Å². The van der Waals surface area contributed by atoms with Gasteiger partial charge in [-0.2, -0.15) is 0 Å². The number of sulfone groups is 1. The molecule has 2 aromatic rings. The number of hydrogen-bond acceptors (Lipinski definition) is 3. The molecule has 0 aliphatic heterocycles. The Morgan fingerprint density at radius 1 is 1.32 bits per heavy atom. The molecule has 2 N–H and O–H groups in total. The Balaban J connectivity index is 2.32. The second kappa shape index (κ2) is 5.18. The summed E-state index contributed by atoms with van der Waals surface area (Å²) in [5, 5.41) is 2.58. The molecule has 19 heavy (non-hydrogen) atoms. The number of para-hydroxylation sites is 1. The number of carbonyl (C=O) groups is 1. The molecular formula is C12H11BrN2O3S. The number of aromatic amines is 1. The number of carbonyl (C=O) groups excluding carboxylic acids is 1. The predicted octanol–water partition coefficient (Wildman–Crippen LogP) is 2.43. The third-order valence-electron chi connectivity index (χ3n) is 2.43. The number of rotatable bonds is 3. The Morgan fingerprint density at radius 2 is 2.00 bits per heavy atom. The molecule has 0 fully saturated rings. The van der Waals surface area contributed by atoms with Crippen molar-refractivity contribution in [3.05, 3.63) is 46.7 Å². The van der Waals surface area contributed by atoms with Crippen LogP contribution in [0.2, 0.25) is 0 Å². The fourth-order valence-corrected chi connectivity index (χ4v) is 2.77. The number of H-pyrrole nitrogens is 1. The Kier molecular flexibility index (Phi) is 3.77. The van der Waals surface area contributed by atoms with Crippen LogP contribution < -0.4 is 5.32 Å². The largest absolute Gasteiger partial charge is 0.356 e. The summed E-state index contributed by atoms with van der Waals surface area (Å²) in [6.45, 7) is 0. The molecular weight excluding hydrogens is 332 g/mol. The zero-order chi connectivity index (χ0) is 14.0. The van der Waals surface area contributed by atoms with E-state index < -0.39 is 15.7 Å². The lowest BCUT2D eigenvalue weighted by molar-refractivity contribution is 0.102. The molecule has 0 aliphatic carbocycles. The third-order valence-corrected chi connectivity index (χ3v) is 4.04. The standard InChI is InChI=1S/C12H11BrN2O3S/c1-19(17,18)11-5-3-2-4-9(11)15-12(16)10-6-8(13)7-14-10/h2-7,14H,1H3,(H,15,16). The number of benzene rings is 1. The van der Waals surface area contributed by atoms with Crippen LogP contribution >= 0.6 is 15.9 Å². The molecule has 0 unspecified atom stereocenters. The van der Waals surface area contributed by atoms with Crippen molar-refractivity contribution >= 4 is 37.4 Å². The van der Waals surface area contributed by atoms with Gasteiger partial charge in [-0.15, -0.1) is 0 Å². The molecule has 0 radical (unpaired) electrons. The van der Waals surface area contributed by atoms with E-state index in [-0.39, 0.29) is 10.6 Å². The van der Waals surface area contributed by atoms with Crippen LogP contribution in [0.1, 0.15) is 10.5 Å². The van der Waals surface area contributed by atoms with E-state index >= 15 is 0 Å². The van der Waals surface area contributed by atoms with Crippen LogP contribution in [0.15, 0.2) is 45.9 Å². The molecule has 100 valence electrons.